The van der Waals surface area contributed by atoms with Crippen LogP contribution < -0.4 is 10.1 Å². The highest BCUT2D eigenvalue weighted by Crippen LogP contribution is 2.42. The molecule has 34 heavy (non-hydrogen) atoms. The molecule has 0 atom stereocenters. The van der Waals surface area contributed by atoms with Crippen LogP contribution in [0.25, 0.3) is 21.8 Å². The quantitative estimate of drug-likeness (QED) is 0.191. The van der Waals surface area contributed by atoms with Crippen molar-refractivity contribution in [1.82, 2.24) is 20.6 Å². The molecule has 0 spiro atoms. The molecule has 2 heterocycles. The van der Waals surface area contributed by atoms with Crippen LogP contribution in [0.1, 0.15) is 36.5 Å². The second kappa shape index (κ2) is 11.6. The fourth-order valence-corrected chi connectivity index (χ4v) is 4.49. The smallest absolute Gasteiger partial charge is 0.255 e. The zero-order valence-corrected chi connectivity index (χ0v) is 20.2. The molecule has 0 bridgehead atoms. The lowest BCUT2D eigenvalue weighted by molar-refractivity contribution is 0.102. The standard InChI is InChI=1S/C25H24ClN5O2S/c1-2-3-4-5-6-15-33-18-12-10-17(11-13-18)25(32)27-21-9-7-8-20(26)22(21)19-14-16-34-23(19)24-28-30-31-29-24/h5-14,16H,2-4,15H2,1H3,(H,27,32)(H,28,29,30,31)/b6-5+. The summed E-state index contributed by atoms with van der Waals surface area (Å²) in [7, 11) is 0. The number of tetrazole rings is 1. The lowest BCUT2D eigenvalue weighted by Crippen LogP contribution is -2.12. The number of allylic oxidation sites excluding steroid dienone is 1. The van der Waals surface area contributed by atoms with E-state index in [-0.39, 0.29) is 5.91 Å². The molecule has 0 aliphatic rings. The van der Waals surface area contributed by atoms with Gasteiger partial charge in [0.05, 0.1) is 15.6 Å². The summed E-state index contributed by atoms with van der Waals surface area (Å²) in [5.41, 5.74) is 2.63. The Morgan fingerprint density at radius 1 is 1.18 bits per heavy atom. The topological polar surface area (TPSA) is 92.8 Å². The zero-order valence-electron chi connectivity index (χ0n) is 18.6. The molecule has 0 aliphatic carbocycles. The molecule has 7 nitrogen and oxygen atoms in total. The number of nitrogens with one attached hydrogen (secondary N) is 2. The molecule has 0 aliphatic heterocycles. The van der Waals surface area contributed by atoms with Crippen molar-refractivity contribution in [3.8, 4) is 27.6 Å². The van der Waals surface area contributed by atoms with Crippen LogP contribution in [0, 0.1) is 0 Å². The van der Waals surface area contributed by atoms with Crippen LogP contribution in [0.15, 0.2) is 66.1 Å². The molecular weight excluding hydrogens is 470 g/mol. The maximum Gasteiger partial charge on any atom is 0.255 e. The van der Waals surface area contributed by atoms with Gasteiger partial charge in [-0.25, -0.2) is 0 Å². The number of halogens is 1. The first kappa shape index (κ1) is 23.7. The van der Waals surface area contributed by atoms with Crippen LogP contribution in [-0.4, -0.2) is 33.1 Å². The van der Waals surface area contributed by atoms with Gasteiger partial charge in [0.1, 0.15) is 12.4 Å². The predicted molar refractivity (Wildman–Crippen MR) is 136 cm³/mol. The third kappa shape index (κ3) is 5.70. The number of aromatic nitrogens is 4. The first-order valence-corrected chi connectivity index (χ1v) is 12.2. The van der Waals surface area contributed by atoms with Gasteiger partial charge in [-0.15, -0.1) is 21.5 Å². The number of rotatable bonds is 10. The SMILES string of the molecule is CCCC/C=C/COc1ccc(C(=O)Nc2cccc(Cl)c2-c2ccsc2-c2nn[nH]n2)cc1. The van der Waals surface area contributed by atoms with Gasteiger partial charge in [-0.1, -0.05) is 49.6 Å². The first-order valence-electron chi connectivity index (χ1n) is 11.0. The number of carbonyl (C=O) groups is 1. The van der Waals surface area contributed by atoms with Gasteiger partial charge >= 0.3 is 0 Å². The van der Waals surface area contributed by atoms with Gasteiger partial charge in [0.15, 0.2) is 0 Å². The average Bonchev–Trinajstić information content (AvgIpc) is 3.54. The summed E-state index contributed by atoms with van der Waals surface area (Å²) < 4.78 is 5.72. The minimum Gasteiger partial charge on any atom is -0.490 e. The van der Waals surface area contributed by atoms with Gasteiger partial charge in [-0.2, -0.15) is 5.21 Å². The molecule has 2 aromatic carbocycles. The van der Waals surface area contributed by atoms with Crippen molar-refractivity contribution in [1.29, 1.82) is 0 Å². The molecule has 0 saturated carbocycles. The van der Waals surface area contributed by atoms with Crippen molar-refractivity contribution in [2.75, 3.05) is 11.9 Å². The van der Waals surface area contributed by atoms with Crippen LogP contribution in [-0.2, 0) is 0 Å². The number of ether oxygens (including phenoxy) is 1. The molecule has 4 aromatic rings. The van der Waals surface area contributed by atoms with Gasteiger partial charge in [0, 0.05) is 16.7 Å². The maximum atomic E-state index is 13.0. The van der Waals surface area contributed by atoms with Gasteiger partial charge < -0.3 is 10.1 Å². The molecule has 0 radical (unpaired) electrons. The second-order valence-corrected chi connectivity index (χ2v) is 8.79. The Morgan fingerprint density at radius 2 is 2.03 bits per heavy atom. The van der Waals surface area contributed by atoms with E-state index in [1.54, 1.807) is 36.4 Å². The molecule has 9 heteroatoms. The molecule has 4 rings (SSSR count). The number of hydrogen-bond donors (Lipinski definition) is 2. The molecule has 174 valence electrons. The van der Waals surface area contributed by atoms with Crippen LogP contribution in [0.4, 0.5) is 5.69 Å². The summed E-state index contributed by atoms with van der Waals surface area (Å²) in [5, 5.41) is 19.7. The lowest BCUT2D eigenvalue weighted by atomic mass is 10.0. The molecule has 0 fully saturated rings. The van der Waals surface area contributed by atoms with Crippen molar-refractivity contribution >= 4 is 34.5 Å². The number of anilines is 1. The number of unbranched alkanes of at least 4 members (excludes halogenated alkanes) is 2. The van der Waals surface area contributed by atoms with Crippen molar-refractivity contribution in [2.24, 2.45) is 0 Å². The first-order chi connectivity index (χ1) is 16.7. The largest absolute Gasteiger partial charge is 0.490 e. The minimum atomic E-state index is -0.245. The Hall–Kier alpha value is -3.49. The number of carbonyl (C=O) groups excluding carboxylic acids is 1. The third-order valence-corrected chi connectivity index (χ3v) is 6.32. The minimum absolute atomic E-state index is 0.245. The van der Waals surface area contributed by atoms with E-state index in [4.69, 9.17) is 16.3 Å². The normalized spacial score (nSPS) is 11.1. The molecule has 0 unspecified atom stereocenters. The van der Waals surface area contributed by atoms with E-state index in [9.17, 15) is 4.79 Å². The van der Waals surface area contributed by atoms with E-state index in [1.807, 2.05) is 23.6 Å². The Kier molecular flexibility index (Phi) is 8.06. The number of thiophene rings is 1. The molecule has 1 amide bonds. The van der Waals surface area contributed by atoms with Crippen LogP contribution in [0.3, 0.4) is 0 Å². The number of nitrogens with zero attached hydrogens (tertiary/aromatic N) is 3. The Labute approximate surface area is 206 Å². The highest BCUT2D eigenvalue weighted by atomic mass is 35.5. The Balaban J connectivity index is 1.48. The number of amides is 1. The predicted octanol–water partition coefficient (Wildman–Crippen LogP) is 6.63. The fourth-order valence-electron chi connectivity index (χ4n) is 3.39. The summed E-state index contributed by atoms with van der Waals surface area (Å²) in [6.45, 7) is 2.68. The number of aromatic amines is 1. The second-order valence-electron chi connectivity index (χ2n) is 7.46. The lowest BCUT2D eigenvalue weighted by Gasteiger charge is -2.13. The Bertz CT molecular complexity index is 1250. The van der Waals surface area contributed by atoms with Gasteiger partial charge in [0.25, 0.3) is 5.91 Å². The van der Waals surface area contributed by atoms with E-state index < -0.39 is 0 Å². The van der Waals surface area contributed by atoms with Gasteiger partial charge in [-0.05, 0) is 59.5 Å². The number of H-pyrrole nitrogens is 1. The fraction of sp³-hybridized carbons (Fsp3) is 0.200. The van der Waals surface area contributed by atoms with E-state index in [2.05, 4.69) is 38.9 Å². The highest BCUT2D eigenvalue weighted by molar-refractivity contribution is 7.14. The summed E-state index contributed by atoms with van der Waals surface area (Å²) in [4.78, 5) is 13.8. The van der Waals surface area contributed by atoms with Gasteiger partial charge in [0.2, 0.25) is 5.82 Å². The van der Waals surface area contributed by atoms with Crippen LogP contribution in [0.5, 0.6) is 5.75 Å². The van der Waals surface area contributed by atoms with Crippen molar-refractivity contribution in [3.63, 3.8) is 0 Å². The van der Waals surface area contributed by atoms with E-state index in [0.717, 1.165) is 16.9 Å². The van der Waals surface area contributed by atoms with Crippen molar-refractivity contribution < 1.29 is 9.53 Å². The maximum absolute atomic E-state index is 13.0. The molecular formula is C25H24ClN5O2S. The molecule has 0 saturated heterocycles. The molecule has 2 N–H and O–H groups in total. The monoisotopic (exact) mass is 493 g/mol. The van der Waals surface area contributed by atoms with E-state index in [1.165, 1.54) is 24.2 Å². The zero-order chi connectivity index (χ0) is 23.8. The van der Waals surface area contributed by atoms with Gasteiger partial charge in [-0.3, -0.25) is 4.79 Å². The number of hydrogen-bond acceptors (Lipinski definition) is 6. The van der Waals surface area contributed by atoms with Crippen LogP contribution >= 0.6 is 22.9 Å². The Morgan fingerprint density at radius 3 is 2.79 bits per heavy atom. The summed E-state index contributed by atoms with van der Waals surface area (Å²) in [5.74, 6) is 0.937. The third-order valence-electron chi connectivity index (χ3n) is 5.10. The summed E-state index contributed by atoms with van der Waals surface area (Å²) in [6.07, 6.45) is 7.57. The summed E-state index contributed by atoms with van der Waals surface area (Å²) in [6, 6.07) is 14.4. The van der Waals surface area contributed by atoms with E-state index in [0.29, 0.717) is 40.0 Å². The molecule has 2 aromatic heterocycles. The van der Waals surface area contributed by atoms with Crippen LogP contribution in [0.2, 0.25) is 5.02 Å². The highest BCUT2D eigenvalue weighted by Gasteiger charge is 2.19. The summed E-state index contributed by atoms with van der Waals surface area (Å²) >= 11 is 8.03. The van der Waals surface area contributed by atoms with E-state index >= 15 is 0 Å². The average molecular weight is 494 g/mol. The number of benzene rings is 2. The van der Waals surface area contributed by atoms with Crippen molar-refractivity contribution in [3.05, 3.63) is 76.6 Å². The van der Waals surface area contributed by atoms with Crippen molar-refractivity contribution in [2.45, 2.75) is 26.2 Å².